The second kappa shape index (κ2) is 3.43. The Morgan fingerprint density at radius 1 is 1.46 bits per heavy atom. The highest BCUT2D eigenvalue weighted by Crippen LogP contribution is 2.31. The van der Waals surface area contributed by atoms with Crippen molar-refractivity contribution in [1.82, 2.24) is 5.32 Å². The van der Waals surface area contributed by atoms with E-state index in [2.05, 4.69) is 47.2 Å². The maximum atomic E-state index is 3.67. The van der Waals surface area contributed by atoms with Gasteiger partial charge >= 0.3 is 0 Å². The van der Waals surface area contributed by atoms with Gasteiger partial charge in [-0.25, -0.2) is 0 Å². The fourth-order valence-corrected chi connectivity index (χ4v) is 2.50. The quantitative estimate of drug-likeness (QED) is 0.735. The lowest BCUT2D eigenvalue weighted by Gasteiger charge is -2.25. The van der Waals surface area contributed by atoms with Crippen LogP contribution in [-0.4, -0.2) is 6.54 Å². The van der Waals surface area contributed by atoms with Gasteiger partial charge in [0.2, 0.25) is 0 Å². The van der Waals surface area contributed by atoms with Gasteiger partial charge in [-0.3, -0.25) is 0 Å². The lowest BCUT2D eigenvalue weighted by molar-refractivity contribution is 0.539. The highest BCUT2D eigenvalue weighted by Gasteiger charge is 2.18. The van der Waals surface area contributed by atoms with Gasteiger partial charge in [0, 0.05) is 10.5 Å². The Hall–Kier alpha value is -0.340. The molecule has 0 spiro atoms. The Balaban J connectivity index is 2.56. The number of halogens is 1. The molecule has 1 atom stereocenters. The van der Waals surface area contributed by atoms with Crippen LogP contribution in [0.1, 0.15) is 29.7 Å². The molecule has 1 N–H and O–H groups in total. The van der Waals surface area contributed by atoms with Gasteiger partial charge in [0.05, 0.1) is 0 Å². The minimum absolute atomic E-state index is 0.501. The second-order valence-electron chi connectivity index (χ2n) is 3.69. The van der Waals surface area contributed by atoms with Crippen molar-refractivity contribution in [2.45, 2.75) is 26.3 Å². The van der Waals surface area contributed by atoms with Crippen LogP contribution in [0.4, 0.5) is 0 Å². The summed E-state index contributed by atoms with van der Waals surface area (Å²) in [6.07, 6.45) is 1.14. The molecule has 1 nitrogen and oxygen atoms in total. The minimum Gasteiger partial charge on any atom is -0.310 e. The molecule has 1 unspecified atom stereocenters. The molecule has 1 aromatic rings. The molecule has 70 valence electrons. The van der Waals surface area contributed by atoms with E-state index in [9.17, 15) is 0 Å². The van der Waals surface area contributed by atoms with Crippen LogP contribution in [-0.2, 0) is 6.42 Å². The van der Waals surface area contributed by atoms with Gasteiger partial charge in [-0.2, -0.15) is 0 Å². The summed E-state index contributed by atoms with van der Waals surface area (Å²) in [6, 6.07) is 4.93. The summed E-state index contributed by atoms with van der Waals surface area (Å²) < 4.78 is 1.30. The van der Waals surface area contributed by atoms with Crippen molar-refractivity contribution in [3.8, 4) is 0 Å². The first-order chi connectivity index (χ1) is 6.20. The normalized spacial score (nSPS) is 21.3. The highest BCUT2D eigenvalue weighted by atomic mass is 79.9. The predicted octanol–water partition coefficient (Wildman–Crippen LogP) is 2.96. The van der Waals surface area contributed by atoms with Crippen molar-refractivity contribution in [1.29, 1.82) is 0 Å². The van der Waals surface area contributed by atoms with E-state index in [0.717, 1.165) is 13.0 Å². The van der Waals surface area contributed by atoms with E-state index in [0.29, 0.717) is 6.04 Å². The number of benzene rings is 1. The van der Waals surface area contributed by atoms with Gasteiger partial charge in [0.15, 0.2) is 0 Å². The fourth-order valence-electron chi connectivity index (χ4n) is 1.94. The maximum absolute atomic E-state index is 3.67. The Labute approximate surface area is 87.7 Å². The van der Waals surface area contributed by atoms with Gasteiger partial charge in [-0.15, -0.1) is 0 Å². The number of aryl methyl sites for hydroxylation is 1. The van der Waals surface area contributed by atoms with Crippen molar-refractivity contribution in [2.75, 3.05) is 6.54 Å². The zero-order valence-electron chi connectivity index (χ0n) is 8.02. The summed E-state index contributed by atoms with van der Waals surface area (Å²) in [5.74, 6) is 0. The number of hydrogen-bond acceptors (Lipinski definition) is 1. The van der Waals surface area contributed by atoms with Crippen LogP contribution >= 0.6 is 15.9 Å². The standard InChI is InChI=1S/C11H14BrN/c1-7-3-4-9-8(2)13-6-5-10(9)11(7)12/h3-4,8,13H,5-6H2,1-2H3. The SMILES string of the molecule is Cc1ccc2c(c1Br)CCNC2C. The molecular formula is C11H14BrN. The lowest BCUT2D eigenvalue weighted by atomic mass is 9.94. The van der Waals surface area contributed by atoms with Crippen molar-refractivity contribution in [2.24, 2.45) is 0 Å². The third-order valence-electron chi connectivity index (χ3n) is 2.76. The lowest BCUT2D eigenvalue weighted by Crippen LogP contribution is -2.28. The molecule has 13 heavy (non-hydrogen) atoms. The van der Waals surface area contributed by atoms with Crippen LogP contribution in [0.5, 0.6) is 0 Å². The van der Waals surface area contributed by atoms with Crippen LogP contribution < -0.4 is 5.32 Å². The fraction of sp³-hybridized carbons (Fsp3) is 0.455. The van der Waals surface area contributed by atoms with E-state index < -0.39 is 0 Å². The first kappa shape index (κ1) is 9.22. The first-order valence-corrected chi connectivity index (χ1v) is 5.50. The Bertz CT molecular complexity index is 333. The summed E-state index contributed by atoms with van der Waals surface area (Å²) in [5, 5.41) is 3.46. The van der Waals surface area contributed by atoms with E-state index in [1.54, 1.807) is 0 Å². The van der Waals surface area contributed by atoms with Crippen LogP contribution in [0.25, 0.3) is 0 Å². The number of hydrogen-bond donors (Lipinski definition) is 1. The zero-order valence-corrected chi connectivity index (χ0v) is 9.61. The van der Waals surface area contributed by atoms with E-state index in [1.165, 1.54) is 21.2 Å². The van der Waals surface area contributed by atoms with E-state index in [4.69, 9.17) is 0 Å². The van der Waals surface area contributed by atoms with Crippen molar-refractivity contribution in [3.05, 3.63) is 33.3 Å². The van der Waals surface area contributed by atoms with Crippen molar-refractivity contribution >= 4 is 15.9 Å². The molecule has 0 saturated carbocycles. The average Bonchev–Trinajstić information content (AvgIpc) is 2.12. The molecule has 1 heterocycles. The van der Waals surface area contributed by atoms with Crippen molar-refractivity contribution in [3.63, 3.8) is 0 Å². The maximum Gasteiger partial charge on any atom is 0.0295 e. The molecule has 0 radical (unpaired) electrons. The number of nitrogens with one attached hydrogen (secondary N) is 1. The summed E-state index contributed by atoms with van der Waals surface area (Å²) in [5.41, 5.74) is 4.28. The molecule has 0 saturated heterocycles. The van der Waals surface area contributed by atoms with Crippen LogP contribution in [0.3, 0.4) is 0 Å². The smallest absolute Gasteiger partial charge is 0.0295 e. The Morgan fingerprint density at radius 3 is 3.00 bits per heavy atom. The van der Waals surface area contributed by atoms with Crippen LogP contribution in [0.15, 0.2) is 16.6 Å². The molecule has 0 aromatic heterocycles. The molecule has 0 bridgehead atoms. The molecular weight excluding hydrogens is 226 g/mol. The molecule has 0 fully saturated rings. The largest absolute Gasteiger partial charge is 0.310 e. The number of rotatable bonds is 0. The summed E-state index contributed by atoms with van der Waals surface area (Å²) in [6.45, 7) is 5.47. The molecule has 0 amide bonds. The molecule has 2 heteroatoms. The molecule has 1 aromatic carbocycles. The molecule has 1 aliphatic rings. The van der Waals surface area contributed by atoms with E-state index in [-0.39, 0.29) is 0 Å². The Morgan fingerprint density at radius 2 is 2.23 bits per heavy atom. The van der Waals surface area contributed by atoms with Crippen LogP contribution in [0.2, 0.25) is 0 Å². The summed E-state index contributed by atoms with van der Waals surface area (Å²) in [4.78, 5) is 0. The zero-order chi connectivity index (χ0) is 9.42. The topological polar surface area (TPSA) is 12.0 Å². The summed E-state index contributed by atoms with van der Waals surface area (Å²) >= 11 is 3.67. The van der Waals surface area contributed by atoms with Gasteiger partial charge in [0.25, 0.3) is 0 Å². The van der Waals surface area contributed by atoms with Gasteiger partial charge < -0.3 is 5.32 Å². The van der Waals surface area contributed by atoms with E-state index >= 15 is 0 Å². The van der Waals surface area contributed by atoms with Crippen molar-refractivity contribution < 1.29 is 0 Å². The minimum atomic E-state index is 0.501. The van der Waals surface area contributed by atoms with Crippen LogP contribution in [0, 0.1) is 6.92 Å². The Kier molecular flexibility index (Phi) is 2.43. The summed E-state index contributed by atoms with van der Waals surface area (Å²) in [7, 11) is 0. The second-order valence-corrected chi connectivity index (χ2v) is 4.48. The monoisotopic (exact) mass is 239 g/mol. The average molecular weight is 240 g/mol. The van der Waals surface area contributed by atoms with Gasteiger partial charge in [-0.1, -0.05) is 28.1 Å². The predicted molar refractivity (Wildman–Crippen MR) is 59.0 cm³/mol. The highest BCUT2D eigenvalue weighted by molar-refractivity contribution is 9.10. The van der Waals surface area contributed by atoms with Gasteiger partial charge in [-0.05, 0) is 43.5 Å². The van der Waals surface area contributed by atoms with Gasteiger partial charge in [0.1, 0.15) is 0 Å². The molecule has 1 aliphatic heterocycles. The third-order valence-corrected chi connectivity index (χ3v) is 3.87. The molecule has 2 rings (SSSR count). The third kappa shape index (κ3) is 1.53. The molecule has 0 aliphatic carbocycles. The first-order valence-electron chi connectivity index (χ1n) is 4.71. The van der Waals surface area contributed by atoms with E-state index in [1.807, 2.05) is 0 Å². The number of fused-ring (bicyclic) bond motifs is 1.